The Morgan fingerprint density at radius 1 is 1.11 bits per heavy atom. The van der Waals surface area contributed by atoms with Crippen LogP contribution < -0.4 is 0 Å². The number of phenolic OH excluding ortho intramolecular Hbond substituents is 1. The van der Waals surface area contributed by atoms with Crippen molar-refractivity contribution < 1.29 is 9.90 Å². The van der Waals surface area contributed by atoms with Crippen molar-refractivity contribution >= 4 is 28.9 Å². The number of rotatable bonds is 2. The van der Waals surface area contributed by atoms with Crippen molar-refractivity contribution in [1.29, 1.82) is 0 Å². The second-order valence-electron chi connectivity index (χ2n) is 4.66. The second-order valence-corrected chi connectivity index (χ2v) is 5.73. The van der Waals surface area contributed by atoms with Crippen LogP contribution in [0.3, 0.4) is 0 Å². The molecule has 2 aromatic rings. The summed E-state index contributed by atoms with van der Waals surface area (Å²) in [6.07, 6.45) is 0.853. The lowest BCUT2D eigenvalue weighted by Crippen LogP contribution is -1.97. The minimum absolute atomic E-state index is 0.359. The Hall–Kier alpha value is -1.36. The van der Waals surface area contributed by atoms with E-state index in [2.05, 4.69) is 22.6 Å². The van der Waals surface area contributed by atoms with Crippen LogP contribution >= 0.6 is 22.6 Å². The Labute approximate surface area is 126 Å². The Morgan fingerprint density at radius 2 is 1.79 bits per heavy atom. The van der Waals surface area contributed by atoms with E-state index in [0.29, 0.717) is 11.3 Å². The van der Waals surface area contributed by atoms with Crippen molar-refractivity contribution in [3.05, 3.63) is 50.1 Å². The monoisotopic (exact) mass is 366 g/mol. The molecule has 0 aliphatic carbocycles. The minimum atomic E-state index is 0.359. The number of benzene rings is 2. The number of aromatic hydroxyl groups is 1. The third-order valence-electron chi connectivity index (χ3n) is 3.51. The Bertz CT molecular complexity index is 631. The predicted molar refractivity (Wildman–Crippen MR) is 85.9 cm³/mol. The van der Waals surface area contributed by atoms with Crippen molar-refractivity contribution in [3.63, 3.8) is 0 Å². The summed E-state index contributed by atoms with van der Waals surface area (Å²) in [7, 11) is 0. The van der Waals surface area contributed by atoms with E-state index in [1.54, 1.807) is 6.07 Å². The molecule has 0 amide bonds. The second kappa shape index (κ2) is 5.33. The molecule has 0 unspecified atom stereocenters. The molecule has 2 nitrogen and oxygen atoms in total. The number of halogens is 1. The molecular formula is C16H15IO2. The molecule has 0 bridgehead atoms. The molecule has 0 fully saturated rings. The van der Waals surface area contributed by atoms with Gasteiger partial charge in [-0.25, -0.2) is 0 Å². The summed E-state index contributed by atoms with van der Waals surface area (Å²) in [6, 6.07) is 7.55. The van der Waals surface area contributed by atoms with Gasteiger partial charge in [-0.3, -0.25) is 4.79 Å². The van der Waals surface area contributed by atoms with Crippen LogP contribution in [0, 0.1) is 24.3 Å². The van der Waals surface area contributed by atoms with Gasteiger partial charge in [-0.05, 0) is 71.7 Å². The first-order valence-electron chi connectivity index (χ1n) is 6.01. The van der Waals surface area contributed by atoms with Crippen LogP contribution in [0.1, 0.15) is 27.0 Å². The average Bonchev–Trinajstić information content (AvgIpc) is 2.43. The van der Waals surface area contributed by atoms with Crippen LogP contribution in [-0.4, -0.2) is 11.4 Å². The highest BCUT2D eigenvalue weighted by atomic mass is 127. The average molecular weight is 366 g/mol. The summed E-state index contributed by atoms with van der Waals surface area (Å²) in [6.45, 7) is 5.83. The maximum Gasteiger partial charge on any atom is 0.150 e. The van der Waals surface area contributed by atoms with Crippen LogP contribution in [0.4, 0.5) is 0 Å². The molecule has 0 aliphatic heterocycles. The maximum absolute atomic E-state index is 10.9. The van der Waals surface area contributed by atoms with Crippen LogP contribution in [0.5, 0.6) is 5.75 Å². The van der Waals surface area contributed by atoms with E-state index in [9.17, 15) is 9.90 Å². The molecule has 0 heterocycles. The standard InChI is InChI=1S/C16H15IO2/c1-9-10(2)16(19)11(3)15(17)14(9)13-6-4-5-12(7-13)8-18/h4-8,19H,1-3H3. The topological polar surface area (TPSA) is 37.3 Å². The Morgan fingerprint density at radius 3 is 2.42 bits per heavy atom. The molecule has 0 radical (unpaired) electrons. The van der Waals surface area contributed by atoms with Crippen molar-refractivity contribution in [2.24, 2.45) is 0 Å². The molecule has 2 aromatic carbocycles. The van der Waals surface area contributed by atoms with E-state index in [0.717, 1.165) is 37.7 Å². The number of hydrogen-bond donors (Lipinski definition) is 1. The van der Waals surface area contributed by atoms with Gasteiger partial charge < -0.3 is 5.11 Å². The van der Waals surface area contributed by atoms with Crippen molar-refractivity contribution in [2.75, 3.05) is 0 Å². The molecule has 3 heteroatoms. The van der Waals surface area contributed by atoms with E-state index < -0.39 is 0 Å². The maximum atomic E-state index is 10.9. The molecule has 0 saturated carbocycles. The predicted octanol–water partition coefficient (Wildman–Crippen LogP) is 4.40. The number of carbonyl (C=O) groups excluding carboxylic acids is 1. The van der Waals surface area contributed by atoms with Crippen molar-refractivity contribution in [2.45, 2.75) is 20.8 Å². The summed E-state index contributed by atoms with van der Waals surface area (Å²) in [5, 5.41) is 10.1. The van der Waals surface area contributed by atoms with Gasteiger partial charge in [0.25, 0.3) is 0 Å². The van der Waals surface area contributed by atoms with Gasteiger partial charge in [0, 0.05) is 14.7 Å². The molecule has 0 aliphatic rings. The molecule has 0 aromatic heterocycles. The van der Waals surface area contributed by atoms with Crippen molar-refractivity contribution in [3.8, 4) is 16.9 Å². The van der Waals surface area contributed by atoms with E-state index in [-0.39, 0.29) is 0 Å². The number of phenols is 1. The smallest absolute Gasteiger partial charge is 0.150 e. The van der Waals surface area contributed by atoms with E-state index in [4.69, 9.17) is 0 Å². The summed E-state index contributed by atoms with van der Waals surface area (Å²) >= 11 is 2.25. The van der Waals surface area contributed by atoms with Gasteiger partial charge in [0.05, 0.1) is 0 Å². The molecule has 2 rings (SSSR count). The van der Waals surface area contributed by atoms with Crippen LogP contribution in [0.15, 0.2) is 24.3 Å². The van der Waals surface area contributed by atoms with Crippen molar-refractivity contribution in [1.82, 2.24) is 0 Å². The molecule has 1 N–H and O–H groups in total. The number of carbonyl (C=O) groups is 1. The first kappa shape index (κ1) is 14.1. The molecule has 19 heavy (non-hydrogen) atoms. The minimum Gasteiger partial charge on any atom is -0.507 e. The normalized spacial score (nSPS) is 10.5. The highest BCUT2D eigenvalue weighted by Gasteiger charge is 2.16. The first-order valence-corrected chi connectivity index (χ1v) is 7.09. The van der Waals surface area contributed by atoms with E-state index in [1.165, 1.54) is 0 Å². The van der Waals surface area contributed by atoms with Crippen LogP contribution in [0.2, 0.25) is 0 Å². The lowest BCUT2D eigenvalue weighted by atomic mass is 9.93. The van der Waals surface area contributed by atoms with Gasteiger partial charge in [-0.1, -0.05) is 18.2 Å². The lowest BCUT2D eigenvalue weighted by Gasteiger charge is -2.16. The van der Waals surface area contributed by atoms with E-state index >= 15 is 0 Å². The molecule has 0 saturated heterocycles. The van der Waals surface area contributed by atoms with Gasteiger partial charge in [0.15, 0.2) is 0 Å². The molecule has 0 spiro atoms. The first-order chi connectivity index (χ1) is 8.97. The zero-order valence-corrected chi connectivity index (χ0v) is 13.3. The molecule has 98 valence electrons. The zero-order valence-electron chi connectivity index (χ0n) is 11.1. The summed E-state index contributed by atoms with van der Waals surface area (Å²) in [5.41, 5.74) is 5.60. The Kier molecular flexibility index (Phi) is 3.94. The zero-order chi connectivity index (χ0) is 14.2. The summed E-state index contributed by atoms with van der Waals surface area (Å²) in [4.78, 5) is 10.9. The Balaban J connectivity index is 2.78. The fraction of sp³-hybridized carbons (Fsp3) is 0.188. The molecular weight excluding hydrogens is 351 g/mol. The van der Waals surface area contributed by atoms with Crippen LogP contribution in [0.25, 0.3) is 11.1 Å². The number of hydrogen-bond acceptors (Lipinski definition) is 2. The quantitative estimate of drug-likeness (QED) is 0.632. The third kappa shape index (κ3) is 2.39. The van der Waals surface area contributed by atoms with Gasteiger partial charge in [0.2, 0.25) is 0 Å². The highest BCUT2D eigenvalue weighted by Crippen LogP contribution is 2.38. The lowest BCUT2D eigenvalue weighted by molar-refractivity contribution is 0.112. The largest absolute Gasteiger partial charge is 0.507 e. The molecule has 0 atom stereocenters. The SMILES string of the molecule is Cc1c(C)c(-c2cccc(C=O)c2)c(I)c(C)c1O. The number of aldehydes is 1. The van der Waals surface area contributed by atoms with E-state index in [1.807, 2.05) is 39.0 Å². The van der Waals surface area contributed by atoms with Gasteiger partial charge in [0.1, 0.15) is 12.0 Å². The van der Waals surface area contributed by atoms with Gasteiger partial charge in [-0.15, -0.1) is 0 Å². The summed E-state index contributed by atoms with van der Waals surface area (Å²) in [5.74, 6) is 0.359. The third-order valence-corrected chi connectivity index (χ3v) is 4.86. The van der Waals surface area contributed by atoms with Crippen LogP contribution in [-0.2, 0) is 0 Å². The highest BCUT2D eigenvalue weighted by molar-refractivity contribution is 14.1. The van der Waals surface area contributed by atoms with Gasteiger partial charge >= 0.3 is 0 Å². The fourth-order valence-corrected chi connectivity index (χ4v) is 3.18. The summed E-state index contributed by atoms with van der Waals surface area (Å²) < 4.78 is 1.03. The fourth-order valence-electron chi connectivity index (χ4n) is 2.21. The van der Waals surface area contributed by atoms with Gasteiger partial charge in [-0.2, -0.15) is 0 Å².